The van der Waals surface area contributed by atoms with E-state index in [4.69, 9.17) is 0 Å². The first-order valence-corrected chi connectivity index (χ1v) is 7.17. The van der Waals surface area contributed by atoms with Gasteiger partial charge < -0.3 is 5.32 Å². The molecule has 1 aliphatic carbocycles. The largest absolute Gasteiger partial charge is 0.305 e. The predicted octanol–water partition coefficient (Wildman–Crippen LogP) is 2.36. The van der Waals surface area contributed by atoms with Gasteiger partial charge in [0.2, 0.25) is 0 Å². The first-order valence-electron chi connectivity index (χ1n) is 7.17. The van der Waals surface area contributed by atoms with Gasteiger partial charge in [-0.1, -0.05) is 6.07 Å². The highest BCUT2D eigenvalue weighted by atomic mass is 15.3. The third-order valence-electron chi connectivity index (χ3n) is 4.26. The SMILES string of the molecule is CC1CC(N[C@@H](C)c2ccccn2)CN1C1CC1. The van der Waals surface area contributed by atoms with Crippen LogP contribution in [0, 0.1) is 0 Å². The lowest BCUT2D eigenvalue weighted by molar-refractivity contribution is 0.254. The minimum Gasteiger partial charge on any atom is -0.305 e. The van der Waals surface area contributed by atoms with E-state index in [9.17, 15) is 0 Å². The fourth-order valence-electron chi connectivity index (χ4n) is 3.16. The number of aromatic nitrogens is 1. The summed E-state index contributed by atoms with van der Waals surface area (Å²) >= 11 is 0. The normalized spacial score (nSPS) is 30.6. The van der Waals surface area contributed by atoms with Crippen LogP contribution in [0.2, 0.25) is 0 Å². The Morgan fingerprint density at radius 3 is 2.89 bits per heavy atom. The smallest absolute Gasteiger partial charge is 0.0570 e. The second-order valence-electron chi connectivity index (χ2n) is 5.85. The van der Waals surface area contributed by atoms with Gasteiger partial charge in [0, 0.05) is 36.9 Å². The fourth-order valence-corrected chi connectivity index (χ4v) is 3.16. The van der Waals surface area contributed by atoms with Crippen molar-refractivity contribution in [1.82, 2.24) is 15.2 Å². The Morgan fingerprint density at radius 1 is 1.39 bits per heavy atom. The Hall–Kier alpha value is -0.930. The van der Waals surface area contributed by atoms with E-state index in [-0.39, 0.29) is 0 Å². The summed E-state index contributed by atoms with van der Waals surface area (Å²) in [6.07, 6.45) is 5.97. The molecular weight excluding hydrogens is 222 g/mol. The van der Waals surface area contributed by atoms with Crippen LogP contribution in [0.3, 0.4) is 0 Å². The first kappa shape index (κ1) is 12.1. The fraction of sp³-hybridized carbons (Fsp3) is 0.667. The third-order valence-corrected chi connectivity index (χ3v) is 4.26. The lowest BCUT2D eigenvalue weighted by Crippen LogP contribution is -2.35. The summed E-state index contributed by atoms with van der Waals surface area (Å²) in [4.78, 5) is 7.11. The van der Waals surface area contributed by atoms with Gasteiger partial charge >= 0.3 is 0 Å². The Balaban J connectivity index is 1.57. The molecule has 3 rings (SSSR count). The molecule has 0 aromatic carbocycles. The summed E-state index contributed by atoms with van der Waals surface area (Å²) in [7, 11) is 0. The summed E-state index contributed by atoms with van der Waals surface area (Å²) in [5.74, 6) is 0. The van der Waals surface area contributed by atoms with Crippen molar-refractivity contribution < 1.29 is 0 Å². The molecule has 3 atom stereocenters. The van der Waals surface area contributed by atoms with Crippen LogP contribution in [0.5, 0.6) is 0 Å². The number of pyridine rings is 1. The Morgan fingerprint density at radius 2 is 2.22 bits per heavy atom. The Labute approximate surface area is 110 Å². The molecule has 1 saturated carbocycles. The number of rotatable bonds is 4. The zero-order valence-corrected chi connectivity index (χ0v) is 11.3. The number of likely N-dealkylation sites (tertiary alicyclic amines) is 1. The van der Waals surface area contributed by atoms with E-state index in [0.717, 1.165) is 17.8 Å². The molecule has 1 aromatic rings. The number of hydrogen-bond acceptors (Lipinski definition) is 3. The quantitative estimate of drug-likeness (QED) is 0.882. The molecule has 0 amide bonds. The van der Waals surface area contributed by atoms with Crippen LogP contribution in [0.25, 0.3) is 0 Å². The molecule has 0 radical (unpaired) electrons. The maximum Gasteiger partial charge on any atom is 0.0570 e. The Bertz CT molecular complexity index is 388. The number of nitrogens with one attached hydrogen (secondary N) is 1. The van der Waals surface area contributed by atoms with E-state index in [2.05, 4.69) is 41.2 Å². The average Bonchev–Trinajstić information content (AvgIpc) is 3.15. The lowest BCUT2D eigenvalue weighted by atomic mass is 10.1. The minimum atomic E-state index is 0.350. The van der Waals surface area contributed by atoms with Crippen molar-refractivity contribution in [3.63, 3.8) is 0 Å². The van der Waals surface area contributed by atoms with Gasteiger partial charge in [0.1, 0.15) is 0 Å². The zero-order valence-electron chi connectivity index (χ0n) is 11.3. The van der Waals surface area contributed by atoms with Crippen LogP contribution in [0.15, 0.2) is 24.4 Å². The highest BCUT2D eigenvalue weighted by Crippen LogP contribution is 2.33. The van der Waals surface area contributed by atoms with Crippen molar-refractivity contribution in [1.29, 1.82) is 0 Å². The molecule has 2 aliphatic rings. The van der Waals surface area contributed by atoms with Crippen LogP contribution >= 0.6 is 0 Å². The van der Waals surface area contributed by atoms with Crippen LogP contribution in [-0.4, -0.2) is 34.6 Å². The van der Waals surface area contributed by atoms with Gasteiger partial charge in [-0.05, 0) is 45.2 Å². The van der Waals surface area contributed by atoms with Gasteiger partial charge in [-0.15, -0.1) is 0 Å². The molecule has 3 heteroatoms. The lowest BCUT2D eigenvalue weighted by Gasteiger charge is -2.21. The van der Waals surface area contributed by atoms with E-state index in [1.54, 1.807) is 0 Å². The number of nitrogens with zero attached hydrogens (tertiary/aromatic N) is 2. The molecule has 2 fully saturated rings. The monoisotopic (exact) mass is 245 g/mol. The summed E-state index contributed by atoms with van der Waals surface area (Å²) in [6.45, 7) is 5.79. The molecular formula is C15H23N3. The molecule has 98 valence electrons. The maximum absolute atomic E-state index is 4.43. The predicted molar refractivity (Wildman–Crippen MR) is 73.4 cm³/mol. The van der Waals surface area contributed by atoms with Crippen LogP contribution in [0.1, 0.15) is 44.8 Å². The van der Waals surface area contributed by atoms with Gasteiger partial charge in [-0.3, -0.25) is 9.88 Å². The second-order valence-corrected chi connectivity index (χ2v) is 5.85. The van der Waals surface area contributed by atoms with E-state index in [1.807, 2.05) is 12.3 Å². The van der Waals surface area contributed by atoms with Crippen LogP contribution in [0.4, 0.5) is 0 Å². The summed E-state index contributed by atoms with van der Waals surface area (Å²) in [5.41, 5.74) is 1.15. The molecule has 1 N–H and O–H groups in total. The summed E-state index contributed by atoms with van der Waals surface area (Å²) in [5, 5.41) is 3.73. The topological polar surface area (TPSA) is 28.2 Å². The highest BCUT2D eigenvalue weighted by molar-refractivity contribution is 5.08. The van der Waals surface area contributed by atoms with Gasteiger partial charge in [0.25, 0.3) is 0 Å². The van der Waals surface area contributed by atoms with Crippen molar-refractivity contribution >= 4 is 0 Å². The standard InChI is InChI=1S/C15H23N3/c1-11-9-13(10-18(11)14-6-7-14)17-12(2)15-5-3-4-8-16-15/h3-5,8,11-14,17H,6-7,9-10H2,1-2H3/t11?,12-,13?/m0/s1. The molecule has 1 aromatic heterocycles. The maximum atomic E-state index is 4.43. The zero-order chi connectivity index (χ0) is 12.5. The molecule has 0 spiro atoms. The van der Waals surface area contributed by atoms with E-state index >= 15 is 0 Å². The molecule has 0 bridgehead atoms. The summed E-state index contributed by atoms with van der Waals surface area (Å²) in [6, 6.07) is 8.74. The van der Waals surface area contributed by atoms with Crippen molar-refractivity contribution in [2.75, 3.05) is 6.54 Å². The van der Waals surface area contributed by atoms with Crippen molar-refractivity contribution in [2.45, 2.75) is 57.3 Å². The first-order chi connectivity index (χ1) is 8.74. The Kier molecular flexibility index (Phi) is 3.35. The average molecular weight is 245 g/mol. The molecule has 3 nitrogen and oxygen atoms in total. The van der Waals surface area contributed by atoms with E-state index in [0.29, 0.717) is 12.1 Å². The number of hydrogen-bond donors (Lipinski definition) is 1. The van der Waals surface area contributed by atoms with E-state index < -0.39 is 0 Å². The van der Waals surface area contributed by atoms with Gasteiger partial charge in [-0.2, -0.15) is 0 Å². The summed E-state index contributed by atoms with van der Waals surface area (Å²) < 4.78 is 0. The highest BCUT2D eigenvalue weighted by Gasteiger charge is 2.38. The van der Waals surface area contributed by atoms with Gasteiger partial charge in [-0.25, -0.2) is 0 Å². The minimum absolute atomic E-state index is 0.350. The third kappa shape index (κ3) is 2.57. The van der Waals surface area contributed by atoms with Crippen LogP contribution < -0.4 is 5.32 Å². The van der Waals surface area contributed by atoms with Gasteiger partial charge in [0.05, 0.1) is 5.69 Å². The van der Waals surface area contributed by atoms with E-state index in [1.165, 1.54) is 25.8 Å². The second kappa shape index (κ2) is 4.98. The van der Waals surface area contributed by atoms with Crippen molar-refractivity contribution in [3.8, 4) is 0 Å². The molecule has 1 saturated heterocycles. The molecule has 1 aliphatic heterocycles. The van der Waals surface area contributed by atoms with Crippen LogP contribution in [-0.2, 0) is 0 Å². The van der Waals surface area contributed by atoms with Gasteiger partial charge in [0.15, 0.2) is 0 Å². The van der Waals surface area contributed by atoms with Crippen molar-refractivity contribution in [3.05, 3.63) is 30.1 Å². The molecule has 2 heterocycles. The van der Waals surface area contributed by atoms with Crippen molar-refractivity contribution in [2.24, 2.45) is 0 Å². The molecule has 18 heavy (non-hydrogen) atoms. The molecule has 2 unspecified atom stereocenters.